The summed E-state index contributed by atoms with van der Waals surface area (Å²) in [6.07, 6.45) is 0.538. The summed E-state index contributed by atoms with van der Waals surface area (Å²) in [4.78, 5) is 16.2. The molecule has 1 aromatic carbocycles. The van der Waals surface area contributed by atoms with Crippen molar-refractivity contribution in [2.45, 2.75) is 39.3 Å². The number of hydrogen-bond acceptors (Lipinski definition) is 4. The fraction of sp³-hybridized carbons (Fsp3) is 0.632. The van der Waals surface area contributed by atoms with Crippen LogP contribution in [0.4, 0.5) is 5.69 Å². The lowest BCUT2D eigenvalue weighted by Gasteiger charge is -2.37. The van der Waals surface area contributed by atoms with Crippen LogP contribution >= 0.6 is 0 Å². The van der Waals surface area contributed by atoms with Crippen molar-refractivity contribution in [2.24, 2.45) is 0 Å². The Morgan fingerprint density at radius 2 is 1.96 bits per heavy atom. The molecule has 0 aromatic heterocycles. The molecule has 1 aromatic rings. The van der Waals surface area contributed by atoms with E-state index in [9.17, 15) is 13.2 Å². The molecule has 2 aliphatic rings. The van der Waals surface area contributed by atoms with Crippen molar-refractivity contribution in [3.05, 3.63) is 29.3 Å². The second-order valence-corrected chi connectivity index (χ2v) is 9.92. The van der Waals surface area contributed by atoms with Gasteiger partial charge < -0.3 is 15.1 Å². The summed E-state index contributed by atoms with van der Waals surface area (Å²) in [5.74, 6) is 0.247. The highest BCUT2D eigenvalue weighted by Gasteiger charge is 2.34. The molecule has 0 bridgehead atoms. The van der Waals surface area contributed by atoms with Gasteiger partial charge in [-0.05, 0) is 44.4 Å². The average molecular weight is 381 g/mol. The van der Waals surface area contributed by atoms with Gasteiger partial charge in [-0.1, -0.05) is 12.1 Å². The van der Waals surface area contributed by atoms with Gasteiger partial charge in [-0.3, -0.25) is 4.79 Å². The number of benzene rings is 1. The van der Waals surface area contributed by atoms with Crippen molar-refractivity contribution in [3.8, 4) is 0 Å². The van der Waals surface area contributed by atoms with Crippen LogP contribution in [0.3, 0.4) is 0 Å². The van der Waals surface area contributed by atoms with E-state index >= 15 is 0 Å². The topological polar surface area (TPSA) is 70.9 Å². The second-order valence-electron chi connectivity index (χ2n) is 7.69. The van der Waals surface area contributed by atoms with Crippen LogP contribution in [-0.4, -0.2) is 64.1 Å². The van der Waals surface area contributed by atoms with E-state index in [0.717, 1.165) is 26.2 Å². The van der Waals surface area contributed by atoms with E-state index in [1.54, 1.807) is 0 Å². The lowest BCUT2D eigenvalue weighted by atomic mass is 10.1. The van der Waals surface area contributed by atoms with Crippen LogP contribution in [0.25, 0.3) is 0 Å². The number of nitrogens with zero attached hydrogens (tertiary/aromatic N) is 1. The summed E-state index contributed by atoms with van der Waals surface area (Å²) < 4.78 is 23.1. The van der Waals surface area contributed by atoms with Crippen LogP contribution in [0.1, 0.15) is 24.5 Å². The Morgan fingerprint density at radius 1 is 1.27 bits per heavy atom. The van der Waals surface area contributed by atoms with E-state index in [1.165, 1.54) is 21.7 Å². The number of aryl methyl sites for hydroxylation is 1. The fourth-order valence-corrected chi connectivity index (χ4v) is 5.64. The number of rotatable bonds is 4. The monoisotopic (exact) mass is 380 g/mol. The third-order valence-corrected chi connectivity index (χ3v) is 7.67. The Balaban J connectivity index is 1.54. The number of carbonyl (C=O) groups is 1. The zero-order valence-corrected chi connectivity index (χ0v) is 16.7. The van der Waals surface area contributed by atoms with Gasteiger partial charge in [0.2, 0.25) is 0 Å². The quantitative estimate of drug-likeness (QED) is 0.753. The first-order valence-electron chi connectivity index (χ1n) is 9.43. The minimum atomic E-state index is -2.97. The minimum absolute atomic E-state index is 0.0257. The van der Waals surface area contributed by atoms with E-state index in [-0.39, 0.29) is 29.5 Å². The molecule has 2 N–H and O–H groups in total. The molecule has 0 saturated carbocycles. The largest absolute Gasteiger partial charge is 0.360 e. The second kappa shape index (κ2) is 7.56. The van der Waals surface area contributed by atoms with Gasteiger partial charge >= 0.3 is 0 Å². The number of nitrogens with one attached hydrogen (secondary N) is 2. The predicted octanol–water partition coefficient (Wildman–Crippen LogP) is -0.300. The Labute approximate surface area is 156 Å². The Kier molecular flexibility index (Phi) is 5.58. The van der Waals surface area contributed by atoms with Crippen molar-refractivity contribution >= 4 is 21.4 Å². The van der Waals surface area contributed by atoms with E-state index in [1.807, 2.05) is 6.92 Å². The molecule has 144 valence electrons. The normalized spacial score (nSPS) is 24.4. The number of anilines is 1. The smallest absolute Gasteiger partial charge is 0.278 e. The van der Waals surface area contributed by atoms with Gasteiger partial charge in [0.05, 0.1) is 37.7 Å². The van der Waals surface area contributed by atoms with Gasteiger partial charge in [0.25, 0.3) is 5.91 Å². The Hall–Kier alpha value is -1.60. The summed E-state index contributed by atoms with van der Waals surface area (Å²) in [5, 5.41) is 2.94. The molecule has 2 saturated heterocycles. The SMILES string of the molecule is Cc1cccc(N2CC[NH+]([C@H](C)C(=O)N[C@H]3CCS(=O)(=O)C3)CC2)c1C. The molecule has 2 heterocycles. The molecule has 1 amide bonds. The third kappa shape index (κ3) is 4.20. The summed E-state index contributed by atoms with van der Waals surface area (Å²) in [5.41, 5.74) is 3.91. The highest BCUT2D eigenvalue weighted by atomic mass is 32.2. The van der Waals surface area contributed by atoms with Gasteiger partial charge in [0, 0.05) is 11.7 Å². The van der Waals surface area contributed by atoms with Gasteiger partial charge in [0.1, 0.15) is 0 Å². The fourth-order valence-electron chi connectivity index (χ4n) is 3.97. The van der Waals surface area contributed by atoms with Gasteiger partial charge in [-0.25, -0.2) is 8.42 Å². The molecular weight excluding hydrogens is 350 g/mol. The van der Waals surface area contributed by atoms with Crippen LogP contribution in [0, 0.1) is 13.8 Å². The first kappa shape index (κ1) is 19.2. The van der Waals surface area contributed by atoms with E-state index in [4.69, 9.17) is 0 Å². The number of amides is 1. The van der Waals surface area contributed by atoms with Gasteiger partial charge in [-0.2, -0.15) is 0 Å². The maximum atomic E-state index is 12.5. The summed E-state index contributed by atoms with van der Waals surface area (Å²) in [7, 11) is -2.97. The highest BCUT2D eigenvalue weighted by Crippen LogP contribution is 2.22. The average Bonchev–Trinajstić information content (AvgIpc) is 2.95. The molecular formula is C19H30N3O3S+. The van der Waals surface area contributed by atoms with E-state index in [0.29, 0.717) is 6.42 Å². The van der Waals surface area contributed by atoms with Crippen LogP contribution in [0.5, 0.6) is 0 Å². The summed E-state index contributed by atoms with van der Waals surface area (Å²) in [6, 6.07) is 6.03. The van der Waals surface area contributed by atoms with Crippen LogP contribution in [-0.2, 0) is 14.6 Å². The van der Waals surface area contributed by atoms with Crippen LogP contribution in [0.2, 0.25) is 0 Å². The maximum Gasteiger partial charge on any atom is 0.278 e. The third-order valence-electron chi connectivity index (χ3n) is 5.91. The summed E-state index contributed by atoms with van der Waals surface area (Å²) >= 11 is 0. The lowest BCUT2D eigenvalue weighted by Crippen LogP contribution is -3.19. The number of carbonyl (C=O) groups excluding carboxylic acids is 1. The Bertz CT molecular complexity index is 770. The molecule has 2 aliphatic heterocycles. The minimum Gasteiger partial charge on any atom is -0.360 e. The number of quaternary nitrogens is 1. The molecule has 7 heteroatoms. The lowest BCUT2D eigenvalue weighted by molar-refractivity contribution is -0.914. The molecule has 2 fully saturated rings. The Morgan fingerprint density at radius 3 is 2.58 bits per heavy atom. The first-order valence-corrected chi connectivity index (χ1v) is 11.3. The van der Waals surface area contributed by atoms with Crippen molar-refractivity contribution in [2.75, 3.05) is 42.6 Å². The highest BCUT2D eigenvalue weighted by molar-refractivity contribution is 7.91. The standard InChI is InChI=1S/C19H29N3O3S/c1-14-5-4-6-18(15(14)2)22-10-8-21(9-11-22)16(3)19(23)20-17-7-12-26(24,25)13-17/h4-6,16-17H,7-13H2,1-3H3,(H,20,23)/p+1/t16-,17+/m1/s1. The zero-order valence-electron chi connectivity index (χ0n) is 15.9. The molecule has 2 atom stereocenters. The predicted molar refractivity (Wildman–Crippen MR) is 103 cm³/mol. The zero-order chi connectivity index (χ0) is 18.9. The van der Waals surface area contributed by atoms with Gasteiger partial charge in [-0.15, -0.1) is 0 Å². The van der Waals surface area contributed by atoms with Crippen molar-refractivity contribution < 1.29 is 18.1 Å². The molecule has 0 spiro atoms. The summed E-state index contributed by atoms with van der Waals surface area (Å²) in [6.45, 7) is 9.91. The number of piperazine rings is 1. The maximum absolute atomic E-state index is 12.5. The van der Waals surface area contributed by atoms with Crippen LogP contribution in [0.15, 0.2) is 18.2 Å². The first-order chi connectivity index (χ1) is 12.3. The molecule has 26 heavy (non-hydrogen) atoms. The van der Waals surface area contributed by atoms with E-state index in [2.05, 4.69) is 42.3 Å². The van der Waals surface area contributed by atoms with Crippen molar-refractivity contribution in [3.63, 3.8) is 0 Å². The molecule has 0 unspecified atom stereocenters. The van der Waals surface area contributed by atoms with Crippen molar-refractivity contribution in [1.82, 2.24) is 5.32 Å². The number of hydrogen-bond donors (Lipinski definition) is 2. The van der Waals surface area contributed by atoms with E-state index < -0.39 is 9.84 Å². The molecule has 6 nitrogen and oxygen atoms in total. The van der Waals surface area contributed by atoms with Crippen LogP contribution < -0.4 is 15.1 Å². The molecule has 3 rings (SSSR count). The van der Waals surface area contributed by atoms with Crippen molar-refractivity contribution in [1.29, 1.82) is 0 Å². The molecule has 0 aliphatic carbocycles. The molecule has 0 radical (unpaired) electrons. The van der Waals surface area contributed by atoms with Gasteiger partial charge in [0.15, 0.2) is 15.9 Å². The number of sulfone groups is 1.